The van der Waals surface area contributed by atoms with Gasteiger partial charge in [0.05, 0.1) is 33.0 Å². The summed E-state index contributed by atoms with van der Waals surface area (Å²) in [6.07, 6.45) is 0. The highest BCUT2D eigenvalue weighted by Gasteiger charge is 2.05. The Labute approximate surface area is 78.7 Å². The Bertz CT molecular complexity index is 114. The molecule has 1 fully saturated rings. The summed E-state index contributed by atoms with van der Waals surface area (Å²) in [7, 11) is 0. The lowest BCUT2D eigenvalue weighted by Crippen LogP contribution is -2.34. The van der Waals surface area contributed by atoms with Crippen LogP contribution in [0.4, 0.5) is 0 Å². The Hall–Kier alpha value is -0.200. The van der Waals surface area contributed by atoms with Gasteiger partial charge in [-0.05, 0) is 0 Å². The molecule has 0 bridgehead atoms. The van der Waals surface area contributed by atoms with Crippen molar-refractivity contribution in [3.8, 4) is 0 Å². The zero-order valence-electron chi connectivity index (χ0n) is 7.91. The fourth-order valence-electron chi connectivity index (χ4n) is 1.10. The lowest BCUT2D eigenvalue weighted by Gasteiger charge is -2.22. The first kappa shape index (κ1) is 10.9. The smallest absolute Gasteiger partial charge is 0.0918 e. The van der Waals surface area contributed by atoms with E-state index in [2.05, 4.69) is 0 Å². The maximum atomic E-state index is 5.43. The Morgan fingerprint density at radius 3 is 2.46 bits per heavy atom. The molecule has 0 aromatic carbocycles. The third kappa shape index (κ3) is 5.17. The van der Waals surface area contributed by atoms with Crippen LogP contribution in [0.2, 0.25) is 0 Å². The molecule has 1 aliphatic heterocycles. The minimum absolute atomic E-state index is 0.597. The van der Waals surface area contributed by atoms with Crippen LogP contribution in [0.5, 0.6) is 0 Å². The van der Waals surface area contributed by atoms with Crippen molar-refractivity contribution in [3.63, 3.8) is 0 Å². The molecule has 1 rings (SSSR count). The zero-order chi connectivity index (χ0) is 9.36. The molecule has 0 atom stereocenters. The number of nitrogens with two attached hydrogens (primary N) is 1. The molecule has 5 heteroatoms. The van der Waals surface area contributed by atoms with E-state index in [-0.39, 0.29) is 0 Å². The van der Waals surface area contributed by atoms with Crippen molar-refractivity contribution in [1.82, 2.24) is 5.06 Å². The first-order valence-corrected chi connectivity index (χ1v) is 4.67. The van der Waals surface area contributed by atoms with Crippen molar-refractivity contribution in [2.45, 2.75) is 0 Å². The van der Waals surface area contributed by atoms with E-state index in [1.807, 2.05) is 5.06 Å². The summed E-state index contributed by atoms with van der Waals surface area (Å²) in [5.41, 5.74) is 5.43. The molecule has 13 heavy (non-hydrogen) atoms. The van der Waals surface area contributed by atoms with E-state index in [0.717, 1.165) is 13.1 Å². The Morgan fingerprint density at radius 2 is 1.69 bits per heavy atom. The van der Waals surface area contributed by atoms with Crippen LogP contribution in [-0.2, 0) is 14.3 Å². The first-order chi connectivity index (χ1) is 6.43. The van der Waals surface area contributed by atoms with E-state index in [1.54, 1.807) is 0 Å². The minimum atomic E-state index is 0.597. The van der Waals surface area contributed by atoms with E-state index >= 15 is 0 Å². The van der Waals surface area contributed by atoms with Crippen molar-refractivity contribution in [2.75, 3.05) is 52.7 Å². The zero-order valence-corrected chi connectivity index (χ0v) is 7.91. The summed E-state index contributed by atoms with van der Waals surface area (Å²) < 4.78 is 10.5. The number of hydrogen-bond donors (Lipinski definition) is 1. The van der Waals surface area contributed by atoms with Crippen LogP contribution in [0, 0.1) is 0 Å². The van der Waals surface area contributed by atoms with Gasteiger partial charge in [0, 0.05) is 19.6 Å². The fraction of sp³-hybridized carbons (Fsp3) is 1.00. The summed E-state index contributed by atoms with van der Waals surface area (Å²) in [6.45, 7) is 5.31. The largest absolute Gasteiger partial charge is 0.378 e. The molecule has 0 aliphatic carbocycles. The molecule has 1 heterocycles. The van der Waals surface area contributed by atoms with Crippen LogP contribution in [0.3, 0.4) is 0 Å². The van der Waals surface area contributed by atoms with E-state index in [1.165, 1.54) is 0 Å². The van der Waals surface area contributed by atoms with E-state index < -0.39 is 0 Å². The number of rotatable bonds is 2. The van der Waals surface area contributed by atoms with Crippen molar-refractivity contribution < 1.29 is 14.3 Å². The second-order valence-electron chi connectivity index (χ2n) is 2.78. The topological polar surface area (TPSA) is 57.0 Å². The fourth-order valence-corrected chi connectivity index (χ4v) is 1.10. The second kappa shape index (κ2) is 7.23. The predicted molar refractivity (Wildman–Crippen MR) is 48.2 cm³/mol. The highest BCUT2D eigenvalue weighted by atomic mass is 16.7. The molecule has 78 valence electrons. The Kier molecular flexibility index (Phi) is 6.05. The average Bonchev–Trinajstić information content (AvgIpc) is 2.16. The molecule has 0 aromatic rings. The first-order valence-electron chi connectivity index (χ1n) is 4.67. The van der Waals surface area contributed by atoms with E-state index in [9.17, 15) is 0 Å². The van der Waals surface area contributed by atoms with Gasteiger partial charge in [0.15, 0.2) is 0 Å². The van der Waals surface area contributed by atoms with Gasteiger partial charge < -0.3 is 15.2 Å². The monoisotopic (exact) mass is 190 g/mol. The molecule has 0 spiro atoms. The summed E-state index contributed by atoms with van der Waals surface area (Å²) in [6, 6.07) is 0. The van der Waals surface area contributed by atoms with Crippen LogP contribution in [0.1, 0.15) is 0 Å². The molecule has 0 radical (unpaired) electrons. The van der Waals surface area contributed by atoms with Crippen molar-refractivity contribution >= 4 is 0 Å². The summed E-state index contributed by atoms with van der Waals surface area (Å²) in [4.78, 5) is 5.41. The van der Waals surface area contributed by atoms with Crippen molar-refractivity contribution in [1.29, 1.82) is 0 Å². The highest BCUT2D eigenvalue weighted by molar-refractivity contribution is 4.48. The molecule has 0 unspecified atom stereocenters. The van der Waals surface area contributed by atoms with Crippen LogP contribution < -0.4 is 5.73 Å². The SMILES string of the molecule is NCCN1CCOCCOCCO1. The summed E-state index contributed by atoms with van der Waals surface area (Å²) in [5.74, 6) is 0. The molecule has 0 amide bonds. The molecule has 0 saturated carbocycles. The number of hydrogen-bond acceptors (Lipinski definition) is 5. The van der Waals surface area contributed by atoms with Crippen LogP contribution in [0.25, 0.3) is 0 Å². The van der Waals surface area contributed by atoms with Gasteiger partial charge in [-0.1, -0.05) is 0 Å². The Morgan fingerprint density at radius 1 is 1.00 bits per heavy atom. The van der Waals surface area contributed by atoms with Crippen LogP contribution in [-0.4, -0.2) is 57.7 Å². The second-order valence-corrected chi connectivity index (χ2v) is 2.78. The normalized spacial score (nSPS) is 22.8. The molecule has 0 aromatic heterocycles. The molecule has 2 N–H and O–H groups in total. The number of ether oxygens (including phenoxy) is 2. The molecular formula is C8H18N2O3. The lowest BCUT2D eigenvalue weighted by atomic mass is 10.5. The molecule has 1 aliphatic rings. The highest BCUT2D eigenvalue weighted by Crippen LogP contribution is 1.93. The maximum absolute atomic E-state index is 5.43. The van der Waals surface area contributed by atoms with Gasteiger partial charge in [0.2, 0.25) is 0 Å². The van der Waals surface area contributed by atoms with Gasteiger partial charge in [-0.2, -0.15) is 5.06 Å². The number of hydroxylamine groups is 2. The van der Waals surface area contributed by atoms with E-state index in [4.69, 9.17) is 20.0 Å². The minimum Gasteiger partial charge on any atom is -0.378 e. The van der Waals surface area contributed by atoms with Crippen LogP contribution in [0.15, 0.2) is 0 Å². The summed E-state index contributed by atoms with van der Waals surface area (Å²) in [5, 5.41) is 1.83. The molecule has 1 saturated heterocycles. The maximum Gasteiger partial charge on any atom is 0.0918 e. The third-order valence-corrected chi connectivity index (χ3v) is 1.74. The average molecular weight is 190 g/mol. The van der Waals surface area contributed by atoms with Gasteiger partial charge in [0.25, 0.3) is 0 Å². The van der Waals surface area contributed by atoms with Gasteiger partial charge in [0.1, 0.15) is 0 Å². The Balaban J connectivity index is 2.18. The summed E-state index contributed by atoms with van der Waals surface area (Å²) >= 11 is 0. The van der Waals surface area contributed by atoms with Crippen molar-refractivity contribution in [3.05, 3.63) is 0 Å². The molecular weight excluding hydrogens is 172 g/mol. The predicted octanol–water partition coefficient (Wildman–Crippen LogP) is -0.774. The number of nitrogens with zero attached hydrogens (tertiary/aromatic N) is 1. The van der Waals surface area contributed by atoms with Crippen molar-refractivity contribution in [2.24, 2.45) is 5.73 Å². The van der Waals surface area contributed by atoms with Gasteiger partial charge >= 0.3 is 0 Å². The van der Waals surface area contributed by atoms with E-state index in [0.29, 0.717) is 39.6 Å². The van der Waals surface area contributed by atoms with Gasteiger partial charge in [-0.3, -0.25) is 4.84 Å². The van der Waals surface area contributed by atoms with Gasteiger partial charge in [-0.25, -0.2) is 0 Å². The lowest BCUT2D eigenvalue weighted by molar-refractivity contribution is -0.182. The quantitative estimate of drug-likeness (QED) is 0.619. The standard InChI is InChI=1S/C8H18N2O3/c9-1-2-10-3-4-11-5-6-12-7-8-13-10/h1-9H2. The molecule has 5 nitrogen and oxygen atoms in total. The van der Waals surface area contributed by atoms with Gasteiger partial charge in [-0.15, -0.1) is 0 Å². The van der Waals surface area contributed by atoms with Crippen LogP contribution >= 0.6 is 0 Å². The third-order valence-electron chi connectivity index (χ3n) is 1.74.